The number of rotatable bonds is 7. The molecule has 166 valence electrons. The van der Waals surface area contributed by atoms with Gasteiger partial charge in [0.15, 0.2) is 5.78 Å². The van der Waals surface area contributed by atoms with Crippen molar-refractivity contribution in [3.05, 3.63) is 53.6 Å². The van der Waals surface area contributed by atoms with E-state index in [0.29, 0.717) is 0 Å². The van der Waals surface area contributed by atoms with Crippen LogP contribution in [0.15, 0.2) is 42.0 Å². The maximum absolute atomic E-state index is 13.3. The van der Waals surface area contributed by atoms with Crippen LogP contribution in [-0.2, 0) is 9.53 Å². The molecular formula is C23H31F2NO4. The van der Waals surface area contributed by atoms with E-state index in [9.17, 15) is 18.4 Å². The van der Waals surface area contributed by atoms with Crippen LogP contribution in [0.25, 0.3) is 0 Å². The minimum atomic E-state index is -1.03. The van der Waals surface area contributed by atoms with Gasteiger partial charge in [0.25, 0.3) is 0 Å². The first-order valence-corrected chi connectivity index (χ1v) is 10.1. The normalized spacial score (nSPS) is 14.0. The third-order valence-electron chi connectivity index (χ3n) is 3.78. The summed E-state index contributed by atoms with van der Waals surface area (Å²) in [5.74, 6) is -1.95. The van der Waals surface area contributed by atoms with Gasteiger partial charge in [-0.3, -0.25) is 4.79 Å². The van der Waals surface area contributed by atoms with Crippen molar-refractivity contribution in [1.29, 1.82) is 0 Å². The highest BCUT2D eigenvalue weighted by atomic mass is 19.1. The number of ether oxygens (including phenoxy) is 2. The van der Waals surface area contributed by atoms with Crippen molar-refractivity contribution in [1.82, 2.24) is 5.32 Å². The molecule has 0 aromatic heterocycles. The molecule has 7 heteroatoms. The van der Waals surface area contributed by atoms with Gasteiger partial charge in [-0.1, -0.05) is 32.1 Å². The van der Waals surface area contributed by atoms with Gasteiger partial charge in [-0.2, -0.15) is 0 Å². The summed E-state index contributed by atoms with van der Waals surface area (Å²) >= 11 is 0. The number of hydrogen-bond acceptors (Lipinski definition) is 4. The van der Waals surface area contributed by atoms with Crippen molar-refractivity contribution in [2.75, 3.05) is 6.61 Å². The van der Waals surface area contributed by atoms with Crippen LogP contribution in [0, 0.1) is 11.6 Å². The standard InChI is InChI=1S/C21H25F2NO4.C2H6/c1-21(2,3)28-20(26)24-18(19(25)9-14-7-5-4-6-8-14)13-27-17-11-15(22)10-16(23)12-17;1-2/h5,7-8,10-12,18H,4,6,9,13H2,1-3H3,(H,24,26);1-2H3/t18-;/m0./s1. The van der Waals surface area contributed by atoms with Crippen molar-refractivity contribution < 1.29 is 27.8 Å². The summed E-state index contributed by atoms with van der Waals surface area (Å²) in [6, 6.07) is 1.70. The lowest BCUT2D eigenvalue weighted by Crippen LogP contribution is -2.46. The molecule has 0 fully saturated rings. The Bertz CT molecular complexity index is 762. The van der Waals surface area contributed by atoms with Crippen LogP contribution >= 0.6 is 0 Å². The number of ketones is 1. The number of Topliss-reactive ketones (excluding diaryl/α,β-unsaturated/α-hetero) is 1. The molecule has 1 aliphatic rings. The summed E-state index contributed by atoms with van der Waals surface area (Å²) < 4.78 is 37.2. The van der Waals surface area contributed by atoms with Crippen LogP contribution in [0.1, 0.15) is 53.9 Å². The molecule has 0 spiro atoms. The Morgan fingerprint density at radius 2 is 1.73 bits per heavy atom. The topological polar surface area (TPSA) is 64.6 Å². The Morgan fingerprint density at radius 3 is 2.27 bits per heavy atom. The molecule has 1 amide bonds. The van der Waals surface area contributed by atoms with Gasteiger partial charge in [-0.25, -0.2) is 13.6 Å². The first-order chi connectivity index (χ1) is 14.1. The van der Waals surface area contributed by atoms with Gasteiger partial charge in [0.1, 0.15) is 35.6 Å². The van der Waals surface area contributed by atoms with E-state index in [1.54, 1.807) is 20.8 Å². The van der Waals surface area contributed by atoms with Gasteiger partial charge in [0, 0.05) is 24.6 Å². The molecule has 0 bridgehead atoms. The fourth-order valence-electron chi connectivity index (χ4n) is 2.58. The summed E-state index contributed by atoms with van der Waals surface area (Å²) in [4.78, 5) is 24.8. The molecule has 5 nitrogen and oxygen atoms in total. The highest BCUT2D eigenvalue weighted by Gasteiger charge is 2.25. The number of benzene rings is 1. The number of carbonyl (C=O) groups excluding carboxylic acids is 2. The lowest BCUT2D eigenvalue weighted by Gasteiger charge is -2.23. The molecule has 0 saturated heterocycles. The van der Waals surface area contributed by atoms with Gasteiger partial charge >= 0.3 is 6.09 Å². The Balaban J connectivity index is 0.00000218. The Kier molecular flexibility index (Phi) is 10.2. The average molecular weight is 424 g/mol. The molecule has 30 heavy (non-hydrogen) atoms. The molecule has 1 N–H and O–H groups in total. The average Bonchev–Trinajstić information content (AvgIpc) is 2.65. The third-order valence-corrected chi connectivity index (χ3v) is 3.78. The molecule has 1 atom stereocenters. The molecule has 1 aromatic rings. The highest BCUT2D eigenvalue weighted by Crippen LogP contribution is 2.18. The molecule has 0 saturated carbocycles. The fourth-order valence-corrected chi connectivity index (χ4v) is 2.58. The second-order valence-electron chi connectivity index (χ2n) is 7.52. The molecule has 2 rings (SSSR count). The zero-order valence-electron chi connectivity index (χ0n) is 18.3. The minimum absolute atomic E-state index is 0.0712. The van der Waals surface area contributed by atoms with E-state index >= 15 is 0 Å². The van der Waals surface area contributed by atoms with E-state index in [-0.39, 0.29) is 24.6 Å². The lowest BCUT2D eigenvalue weighted by molar-refractivity contribution is -0.121. The summed E-state index contributed by atoms with van der Waals surface area (Å²) in [6.45, 7) is 8.82. The summed E-state index contributed by atoms with van der Waals surface area (Å²) in [6.07, 6.45) is 6.92. The highest BCUT2D eigenvalue weighted by molar-refractivity contribution is 5.89. The number of carbonyl (C=O) groups is 2. The third kappa shape index (κ3) is 9.67. The fraction of sp³-hybridized carbons (Fsp3) is 0.478. The first kappa shape index (κ1) is 25.3. The zero-order chi connectivity index (χ0) is 22.7. The Morgan fingerprint density at radius 1 is 1.10 bits per heavy atom. The van der Waals surface area contributed by atoms with Gasteiger partial charge < -0.3 is 14.8 Å². The first-order valence-electron chi connectivity index (χ1n) is 10.1. The number of nitrogens with one attached hydrogen (secondary N) is 1. The monoisotopic (exact) mass is 423 g/mol. The number of hydrogen-bond donors (Lipinski definition) is 1. The summed E-state index contributed by atoms with van der Waals surface area (Å²) in [7, 11) is 0. The number of halogens is 2. The van der Waals surface area contributed by atoms with E-state index in [2.05, 4.69) is 5.32 Å². The Labute approximate surface area is 177 Å². The molecule has 1 aliphatic carbocycles. The van der Waals surface area contributed by atoms with Crippen LogP contribution < -0.4 is 10.1 Å². The van der Waals surface area contributed by atoms with Crippen molar-refractivity contribution in [3.8, 4) is 5.75 Å². The quantitative estimate of drug-likeness (QED) is 0.629. The van der Waals surface area contributed by atoms with Gasteiger partial charge in [-0.15, -0.1) is 0 Å². The van der Waals surface area contributed by atoms with E-state index in [0.717, 1.165) is 36.6 Å². The van der Waals surface area contributed by atoms with Crippen molar-refractivity contribution >= 4 is 11.9 Å². The molecule has 0 unspecified atom stereocenters. The maximum Gasteiger partial charge on any atom is 0.408 e. The smallest absolute Gasteiger partial charge is 0.408 e. The molecule has 0 radical (unpaired) electrons. The molecular weight excluding hydrogens is 392 g/mol. The number of amides is 1. The van der Waals surface area contributed by atoms with Crippen LogP contribution in [0.3, 0.4) is 0 Å². The molecule has 0 aliphatic heterocycles. The molecule has 0 heterocycles. The van der Waals surface area contributed by atoms with Gasteiger partial charge in [0.2, 0.25) is 0 Å². The zero-order valence-corrected chi connectivity index (χ0v) is 18.3. The van der Waals surface area contributed by atoms with Crippen LogP contribution in [0.5, 0.6) is 5.75 Å². The predicted octanol–water partition coefficient (Wildman–Crippen LogP) is 5.50. The Hall–Kier alpha value is -2.70. The summed E-state index contributed by atoms with van der Waals surface area (Å²) in [5, 5.41) is 2.49. The van der Waals surface area contributed by atoms with Crippen LogP contribution in [-0.4, -0.2) is 30.1 Å². The lowest BCUT2D eigenvalue weighted by atomic mass is 9.99. The molecule has 1 aromatic carbocycles. The largest absolute Gasteiger partial charge is 0.491 e. The number of alkyl carbamates (subject to hydrolysis) is 1. The van der Waals surface area contributed by atoms with Crippen molar-refractivity contribution in [3.63, 3.8) is 0 Å². The second kappa shape index (κ2) is 12.1. The van der Waals surface area contributed by atoms with Crippen LogP contribution in [0.4, 0.5) is 13.6 Å². The van der Waals surface area contributed by atoms with Gasteiger partial charge in [0.05, 0.1) is 0 Å². The minimum Gasteiger partial charge on any atom is -0.491 e. The van der Waals surface area contributed by atoms with Gasteiger partial charge in [-0.05, 0) is 39.2 Å². The van der Waals surface area contributed by atoms with E-state index in [1.807, 2.05) is 32.1 Å². The van der Waals surface area contributed by atoms with Crippen molar-refractivity contribution in [2.24, 2.45) is 0 Å². The van der Waals surface area contributed by atoms with Crippen molar-refractivity contribution in [2.45, 2.75) is 65.5 Å². The predicted molar refractivity (Wildman–Crippen MR) is 112 cm³/mol. The van der Waals surface area contributed by atoms with Crippen LogP contribution in [0.2, 0.25) is 0 Å². The number of allylic oxidation sites excluding steroid dienone is 4. The second-order valence-corrected chi connectivity index (χ2v) is 7.52. The van der Waals surface area contributed by atoms with E-state index < -0.39 is 29.4 Å². The maximum atomic E-state index is 13.3. The van der Waals surface area contributed by atoms with E-state index in [1.165, 1.54) is 0 Å². The summed E-state index contributed by atoms with van der Waals surface area (Å²) in [5.41, 5.74) is 0.114. The van der Waals surface area contributed by atoms with E-state index in [4.69, 9.17) is 9.47 Å². The SMILES string of the molecule is CC.CC(C)(C)OC(=O)N[C@@H](COc1cc(F)cc(F)c1)C(=O)CC1=CCCC=C1.